The molecule has 0 rings (SSSR count). The molecule has 5 heteroatoms. The van der Waals surface area contributed by atoms with Crippen molar-refractivity contribution < 1.29 is 32.7 Å². The third kappa shape index (κ3) is 10.3. The van der Waals surface area contributed by atoms with Gasteiger partial charge in [0.1, 0.15) is 6.74 Å². The second-order valence-corrected chi connectivity index (χ2v) is 1.19. The normalized spacial score (nSPS) is 5.75. The van der Waals surface area contributed by atoms with Gasteiger partial charge >= 0.3 is 0 Å². The van der Waals surface area contributed by atoms with Gasteiger partial charge in [0.25, 0.3) is 0 Å². The Morgan fingerprint density at radius 1 is 1.75 bits per heavy atom. The summed E-state index contributed by atoms with van der Waals surface area (Å²) in [5.41, 5.74) is 0. The summed E-state index contributed by atoms with van der Waals surface area (Å²) < 4.78 is 0. The second kappa shape index (κ2) is 11.1. The van der Waals surface area contributed by atoms with Crippen molar-refractivity contribution in [3.8, 4) is 0 Å². The third-order valence-electron chi connectivity index (χ3n) is 0.611. The molecule has 0 fully saturated rings. The molecule has 0 aliphatic rings. The van der Waals surface area contributed by atoms with Crippen molar-refractivity contribution in [3.63, 3.8) is 0 Å². The summed E-state index contributed by atoms with van der Waals surface area (Å²) in [5, 5.41) is 2.68. The van der Waals surface area contributed by atoms with Crippen molar-refractivity contribution in [2.24, 2.45) is 0 Å². The molecule has 8 heavy (non-hydrogen) atoms. The van der Waals surface area contributed by atoms with Crippen LogP contribution in [-0.4, -0.2) is 21.5 Å². The summed E-state index contributed by atoms with van der Waals surface area (Å²) in [4.78, 5) is 0. The fraction of sp³-hybridized carbons (Fsp3) is 0.333. The van der Waals surface area contributed by atoms with Crippen LogP contribution in [0.3, 0.4) is 0 Å². The minimum atomic E-state index is 0. The van der Waals surface area contributed by atoms with E-state index in [-0.39, 0.29) is 46.9 Å². The van der Waals surface area contributed by atoms with Crippen LogP contribution in [0.1, 0.15) is 0 Å². The van der Waals surface area contributed by atoms with E-state index in [4.69, 9.17) is 7.74 Å². The van der Waals surface area contributed by atoms with Gasteiger partial charge in [0, 0.05) is 47.5 Å². The van der Waals surface area contributed by atoms with E-state index < -0.39 is 0 Å². The van der Waals surface area contributed by atoms with Crippen LogP contribution in [0, 0.1) is 14.5 Å². The van der Waals surface area contributed by atoms with Crippen LogP contribution in [0.5, 0.6) is 0 Å². The molecule has 0 atom stereocenters. The number of rotatable bonds is 2. The molecule has 0 aliphatic carbocycles. The monoisotopic (exact) mass is 181 g/mol. The maximum atomic E-state index is 5.06. The van der Waals surface area contributed by atoms with Gasteiger partial charge in [-0.15, -0.1) is 0 Å². The maximum Gasteiger partial charge on any atom is 0.132 e. The smallest absolute Gasteiger partial charge is 0.132 e. The zero-order valence-electron chi connectivity index (χ0n) is 5.52. The van der Waals surface area contributed by atoms with E-state index in [0.29, 0.717) is 0 Å². The van der Waals surface area contributed by atoms with Crippen molar-refractivity contribution in [3.05, 3.63) is 14.5 Å². The Kier molecular flexibility index (Phi) is 22.4. The molecule has 0 amide bonds. The molecule has 1 nitrogen and oxygen atoms in total. The number of hydrogen-bond donors (Lipinski definition) is 1. The molecule has 0 heterocycles. The first-order chi connectivity index (χ1) is 2.81. The summed E-state index contributed by atoms with van der Waals surface area (Å²) in [6, 6.07) is 0. The molecule has 1 N–H and O–H groups in total. The van der Waals surface area contributed by atoms with Gasteiger partial charge in [-0.1, -0.05) is 6.82 Å². The van der Waals surface area contributed by atoms with Crippen LogP contribution < -0.4 is 5.23 Å². The Labute approximate surface area is 80.4 Å². The molecule has 0 aromatic heterocycles. The molecule has 0 saturated carbocycles. The van der Waals surface area contributed by atoms with Gasteiger partial charge in [-0.3, -0.25) is 7.05 Å². The maximum absolute atomic E-state index is 5.06. The fourth-order valence-electron chi connectivity index (χ4n) is 0.0680. The van der Waals surface area contributed by atoms with Gasteiger partial charge in [-0.25, -0.2) is 0 Å². The van der Waals surface area contributed by atoms with Crippen molar-refractivity contribution in [2.75, 3.05) is 0 Å². The van der Waals surface area contributed by atoms with E-state index in [9.17, 15) is 0 Å². The Morgan fingerprint density at radius 3 is 2.12 bits per heavy atom. The van der Waals surface area contributed by atoms with Crippen molar-refractivity contribution in [1.29, 1.82) is 0 Å². The topological polar surface area (TPSA) is 12.0 Å². The Bertz CT molecular complexity index is 33.7. The molecule has 0 saturated heterocycles. The summed E-state index contributed by atoms with van der Waals surface area (Å²) in [7, 11) is 10.00. The zero-order valence-corrected chi connectivity index (χ0v) is 8.35. The molecule has 0 aliphatic heterocycles. The molecule has 4 radical (unpaired) electrons. The van der Waals surface area contributed by atoms with Gasteiger partial charge in [0.15, 0.2) is 0 Å². The molecule has 0 spiro atoms. The molecule has 0 unspecified atom stereocenters. The average Bonchev–Trinajstić information content (AvgIpc) is 1.65. The second-order valence-electron chi connectivity index (χ2n) is 1.19. The molecular formula is C3H9B3NY-2. The predicted molar refractivity (Wildman–Crippen MR) is 38.0 cm³/mol. The largest absolute Gasteiger partial charge is 0.521 e. The van der Waals surface area contributed by atoms with E-state index in [1.54, 1.807) is 7.06 Å². The van der Waals surface area contributed by atoms with Crippen LogP contribution in [0.2, 0.25) is 6.82 Å². The van der Waals surface area contributed by atoms with Crippen LogP contribution in [0.4, 0.5) is 0 Å². The van der Waals surface area contributed by atoms with Gasteiger partial charge < -0.3 is 12.7 Å². The molecular weight excluding hydrogens is 171 g/mol. The summed E-state index contributed by atoms with van der Waals surface area (Å²) >= 11 is 0. The first kappa shape index (κ1) is 16.1. The van der Waals surface area contributed by atoms with E-state index in [0.717, 1.165) is 0 Å². The molecule has 0 aromatic carbocycles. The van der Waals surface area contributed by atoms with E-state index in [1.165, 1.54) is 0 Å². The van der Waals surface area contributed by atoms with Crippen molar-refractivity contribution in [2.45, 2.75) is 6.82 Å². The Hall–Kier alpha value is 1.26. The van der Waals surface area contributed by atoms with Gasteiger partial charge in [-0.05, 0) is 0 Å². The quantitative estimate of drug-likeness (QED) is 0.455. The van der Waals surface area contributed by atoms with Crippen molar-refractivity contribution in [1.82, 2.24) is 5.23 Å². The first-order valence-electron chi connectivity index (χ1n) is 1.89. The number of hydrogen-bond acceptors (Lipinski definition) is 1. The minimum Gasteiger partial charge on any atom is -0.521 e. The Balaban J connectivity index is -0.000000125. The van der Waals surface area contributed by atoms with Crippen molar-refractivity contribution >= 4 is 21.5 Å². The van der Waals surface area contributed by atoms with Crippen LogP contribution in [0.25, 0.3) is 0 Å². The fourth-order valence-corrected chi connectivity index (χ4v) is 0.0680. The van der Waals surface area contributed by atoms with E-state index >= 15 is 0 Å². The standard InChI is InChI=1S/C2H6B3N.CH3.Y/c1-5(4-3)6-2;;/h6H,2H2,1H3;1H3;/q2*-1;. The van der Waals surface area contributed by atoms with Crippen LogP contribution in [-0.2, 0) is 32.7 Å². The third-order valence-corrected chi connectivity index (χ3v) is 0.611. The molecule has 0 bridgehead atoms. The summed E-state index contributed by atoms with van der Waals surface area (Å²) in [6.07, 6.45) is 0. The molecule has 40 valence electrons. The summed E-state index contributed by atoms with van der Waals surface area (Å²) in [6.45, 7) is 2.15. The van der Waals surface area contributed by atoms with Gasteiger partial charge in [0.05, 0.1) is 0 Å². The van der Waals surface area contributed by atoms with Gasteiger partial charge in [0.2, 0.25) is 0 Å². The number of nitrogens with one attached hydrogen (secondary N) is 1. The predicted octanol–water partition coefficient (Wildman–Crippen LogP) is -0.279. The SMILES string of the molecule is [B][B]B(C)N[CH2-].[CH3-].[Y]. The van der Waals surface area contributed by atoms with E-state index in [1.807, 2.05) is 6.82 Å². The Morgan fingerprint density at radius 2 is 2.12 bits per heavy atom. The van der Waals surface area contributed by atoms with E-state index in [2.05, 4.69) is 12.3 Å². The van der Waals surface area contributed by atoms with Crippen LogP contribution >= 0.6 is 0 Å². The zero-order chi connectivity index (χ0) is 4.99. The first-order valence-corrected chi connectivity index (χ1v) is 1.89. The summed E-state index contributed by atoms with van der Waals surface area (Å²) in [5.74, 6) is 0. The van der Waals surface area contributed by atoms with Crippen LogP contribution in [0.15, 0.2) is 0 Å². The average molecular weight is 180 g/mol. The minimum absolute atomic E-state index is 0. The molecule has 0 aromatic rings. The van der Waals surface area contributed by atoms with Gasteiger partial charge in [-0.2, -0.15) is 0 Å².